The fraction of sp³-hybridized carbons (Fsp3) is 0.200. The van der Waals surface area contributed by atoms with Gasteiger partial charge in [0.1, 0.15) is 6.10 Å². The second-order valence-corrected chi connectivity index (χ2v) is 4.08. The molecule has 0 bridgehead atoms. The van der Waals surface area contributed by atoms with Crippen LogP contribution in [0.5, 0.6) is 0 Å². The fourth-order valence-electron chi connectivity index (χ4n) is 1.89. The monoisotopic (exact) mass is 241 g/mol. The summed E-state index contributed by atoms with van der Waals surface area (Å²) in [6.07, 6.45) is 2.69. The lowest BCUT2D eigenvalue weighted by Gasteiger charge is -2.15. The summed E-state index contributed by atoms with van der Waals surface area (Å²) in [7, 11) is 1.54. The maximum atomic E-state index is 12.4. The summed E-state index contributed by atoms with van der Waals surface area (Å²) < 4.78 is 5.33. The lowest BCUT2D eigenvalue weighted by atomic mass is 9.98. The average Bonchev–Trinajstić information content (AvgIpc) is 2.41. The maximum Gasteiger partial charge on any atom is 0.197 e. The number of carbonyl (C=O) groups is 1. The number of pyridine rings is 1. The van der Waals surface area contributed by atoms with Gasteiger partial charge in [-0.1, -0.05) is 30.3 Å². The zero-order chi connectivity index (χ0) is 13.0. The normalized spacial score (nSPS) is 12.1. The lowest BCUT2D eigenvalue weighted by Crippen LogP contribution is -2.16. The van der Waals surface area contributed by atoms with E-state index in [4.69, 9.17) is 4.74 Å². The van der Waals surface area contributed by atoms with Gasteiger partial charge in [0.05, 0.1) is 0 Å². The molecular weight excluding hydrogens is 226 g/mol. The van der Waals surface area contributed by atoms with Crippen LogP contribution in [-0.4, -0.2) is 17.9 Å². The number of ketones is 1. The molecule has 18 heavy (non-hydrogen) atoms. The molecule has 2 rings (SSSR count). The van der Waals surface area contributed by atoms with E-state index in [-0.39, 0.29) is 5.78 Å². The standard InChI is InChI=1S/C15H15NO2/c1-11-8-9-16-10-13(11)14(17)15(18-2)12-6-4-3-5-7-12/h3-10,15H,1-2H3. The van der Waals surface area contributed by atoms with Gasteiger partial charge in [-0.2, -0.15) is 0 Å². The number of nitrogens with zero attached hydrogens (tertiary/aromatic N) is 1. The highest BCUT2D eigenvalue weighted by Crippen LogP contribution is 2.22. The first kappa shape index (κ1) is 12.5. The van der Waals surface area contributed by atoms with Crippen LogP contribution >= 0.6 is 0 Å². The molecule has 3 nitrogen and oxygen atoms in total. The van der Waals surface area contributed by atoms with Gasteiger partial charge in [0.2, 0.25) is 0 Å². The van der Waals surface area contributed by atoms with Crippen LogP contribution in [0.25, 0.3) is 0 Å². The summed E-state index contributed by atoms with van der Waals surface area (Å²) in [5.74, 6) is -0.0608. The Bertz CT molecular complexity index is 537. The minimum Gasteiger partial charge on any atom is -0.369 e. The number of hydrogen-bond donors (Lipinski definition) is 0. The SMILES string of the molecule is COC(C(=O)c1cnccc1C)c1ccccc1. The third kappa shape index (κ3) is 2.46. The van der Waals surface area contributed by atoms with E-state index in [9.17, 15) is 4.79 Å². The lowest BCUT2D eigenvalue weighted by molar-refractivity contribution is 0.0603. The molecule has 0 N–H and O–H groups in total. The predicted molar refractivity (Wildman–Crippen MR) is 69.5 cm³/mol. The number of benzene rings is 1. The van der Waals surface area contributed by atoms with Crippen molar-refractivity contribution in [3.05, 3.63) is 65.5 Å². The zero-order valence-electron chi connectivity index (χ0n) is 10.5. The number of methoxy groups -OCH3 is 1. The van der Waals surface area contributed by atoms with Crippen molar-refractivity contribution in [1.29, 1.82) is 0 Å². The van der Waals surface area contributed by atoms with Gasteiger partial charge in [0.25, 0.3) is 0 Å². The molecule has 0 saturated heterocycles. The Kier molecular flexibility index (Phi) is 3.85. The van der Waals surface area contributed by atoms with Gasteiger partial charge in [-0.25, -0.2) is 0 Å². The molecule has 0 fully saturated rings. The number of aryl methyl sites for hydroxylation is 1. The molecule has 0 aliphatic rings. The third-order valence-corrected chi connectivity index (χ3v) is 2.88. The Labute approximate surface area is 106 Å². The average molecular weight is 241 g/mol. The van der Waals surface area contributed by atoms with Gasteiger partial charge in [-0.05, 0) is 24.1 Å². The number of aromatic nitrogens is 1. The van der Waals surface area contributed by atoms with Gasteiger partial charge in [-0.3, -0.25) is 9.78 Å². The number of Topliss-reactive ketones (excluding diaryl/α,β-unsaturated/α-hetero) is 1. The van der Waals surface area contributed by atoms with Crippen molar-refractivity contribution >= 4 is 5.78 Å². The van der Waals surface area contributed by atoms with E-state index in [1.165, 1.54) is 0 Å². The summed E-state index contributed by atoms with van der Waals surface area (Å²) >= 11 is 0. The molecular formula is C15H15NO2. The molecule has 92 valence electrons. The molecule has 0 aliphatic carbocycles. The first-order valence-electron chi connectivity index (χ1n) is 5.76. The molecule has 2 aromatic rings. The Hall–Kier alpha value is -2.00. The van der Waals surface area contributed by atoms with Gasteiger partial charge < -0.3 is 4.74 Å². The molecule has 0 aliphatic heterocycles. The fourth-order valence-corrected chi connectivity index (χ4v) is 1.89. The molecule has 1 aromatic heterocycles. The van der Waals surface area contributed by atoms with Crippen molar-refractivity contribution < 1.29 is 9.53 Å². The largest absolute Gasteiger partial charge is 0.369 e. The van der Waals surface area contributed by atoms with Crippen molar-refractivity contribution in [2.45, 2.75) is 13.0 Å². The topological polar surface area (TPSA) is 39.2 Å². The zero-order valence-corrected chi connectivity index (χ0v) is 10.5. The molecule has 1 aromatic carbocycles. The van der Waals surface area contributed by atoms with Crippen LogP contribution in [-0.2, 0) is 4.74 Å². The van der Waals surface area contributed by atoms with E-state index in [1.54, 1.807) is 19.5 Å². The molecule has 1 atom stereocenters. The van der Waals surface area contributed by atoms with Crippen LogP contribution in [0.2, 0.25) is 0 Å². The quantitative estimate of drug-likeness (QED) is 0.772. The molecule has 0 radical (unpaired) electrons. The number of carbonyl (C=O) groups excluding carboxylic acids is 1. The molecule has 3 heteroatoms. The summed E-state index contributed by atoms with van der Waals surface area (Å²) in [5.41, 5.74) is 2.37. The molecule has 1 heterocycles. The van der Waals surface area contributed by atoms with E-state index in [0.717, 1.165) is 11.1 Å². The minimum absolute atomic E-state index is 0.0608. The highest BCUT2D eigenvalue weighted by Gasteiger charge is 2.22. The van der Waals surface area contributed by atoms with Gasteiger partial charge >= 0.3 is 0 Å². The maximum absolute atomic E-state index is 12.4. The smallest absolute Gasteiger partial charge is 0.197 e. The first-order valence-corrected chi connectivity index (χ1v) is 5.76. The highest BCUT2D eigenvalue weighted by atomic mass is 16.5. The summed E-state index contributed by atoms with van der Waals surface area (Å²) in [4.78, 5) is 16.4. The van der Waals surface area contributed by atoms with E-state index >= 15 is 0 Å². The van der Waals surface area contributed by atoms with Crippen molar-refractivity contribution in [2.24, 2.45) is 0 Å². The van der Waals surface area contributed by atoms with E-state index in [1.807, 2.05) is 43.3 Å². The summed E-state index contributed by atoms with van der Waals surface area (Å²) in [6, 6.07) is 11.3. The van der Waals surface area contributed by atoms with Gasteiger partial charge in [0.15, 0.2) is 5.78 Å². The van der Waals surface area contributed by atoms with Crippen molar-refractivity contribution in [3.8, 4) is 0 Å². The molecule has 1 unspecified atom stereocenters. The first-order chi connectivity index (χ1) is 8.74. The van der Waals surface area contributed by atoms with Crippen molar-refractivity contribution in [1.82, 2.24) is 4.98 Å². The van der Waals surface area contributed by atoms with Crippen LogP contribution < -0.4 is 0 Å². The number of ether oxygens (including phenoxy) is 1. The van der Waals surface area contributed by atoms with Gasteiger partial charge in [0, 0.05) is 25.1 Å². The summed E-state index contributed by atoms with van der Waals surface area (Å²) in [5, 5.41) is 0. The predicted octanol–water partition coefficient (Wildman–Crippen LogP) is 2.96. The van der Waals surface area contributed by atoms with E-state index < -0.39 is 6.10 Å². The van der Waals surface area contributed by atoms with Crippen LogP contribution in [0.4, 0.5) is 0 Å². The van der Waals surface area contributed by atoms with Crippen molar-refractivity contribution in [3.63, 3.8) is 0 Å². The van der Waals surface area contributed by atoms with Crippen LogP contribution in [0.1, 0.15) is 27.6 Å². The van der Waals surface area contributed by atoms with Crippen molar-refractivity contribution in [2.75, 3.05) is 7.11 Å². The molecule has 0 saturated carbocycles. The third-order valence-electron chi connectivity index (χ3n) is 2.88. The van der Waals surface area contributed by atoms with E-state index in [0.29, 0.717) is 5.56 Å². The van der Waals surface area contributed by atoms with E-state index in [2.05, 4.69) is 4.98 Å². The molecule has 0 spiro atoms. The Morgan fingerprint density at radius 3 is 2.56 bits per heavy atom. The summed E-state index contributed by atoms with van der Waals surface area (Å²) in [6.45, 7) is 1.90. The number of rotatable bonds is 4. The van der Waals surface area contributed by atoms with Crippen LogP contribution in [0.15, 0.2) is 48.8 Å². The van der Waals surface area contributed by atoms with Gasteiger partial charge in [-0.15, -0.1) is 0 Å². The Morgan fingerprint density at radius 2 is 1.94 bits per heavy atom. The Balaban J connectivity index is 2.35. The van der Waals surface area contributed by atoms with Crippen LogP contribution in [0.3, 0.4) is 0 Å². The van der Waals surface area contributed by atoms with Crippen LogP contribution in [0, 0.1) is 6.92 Å². The molecule has 0 amide bonds. The highest BCUT2D eigenvalue weighted by molar-refractivity contribution is 6.00. The second-order valence-electron chi connectivity index (χ2n) is 4.08. The Morgan fingerprint density at radius 1 is 1.22 bits per heavy atom. The minimum atomic E-state index is -0.575. The second kappa shape index (κ2) is 5.56. The number of hydrogen-bond acceptors (Lipinski definition) is 3.